The SMILES string of the molecule is CC(C)N(C)CCCCn1cnc2cccc(C(=O)O)c21. The molecule has 2 aromatic rings. The Morgan fingerprint density at radius 2 is 2.14 bits per heavy atom. The maximum Gasteiger partial charge on any atom is 0.337 e. The smallest absolute Gasteiger partial charge is 0.337 e. The largest absolute Gasteiger partial charge is 0.478 e. The van der Waals surface area contributed by atoms with E-state index in [1.807, 2.05) is 10.6 Å². The van der Waals surface area contributed by atoms with Crippen LogP contribution in [0.2, 0.25) is 0 Å². The molecule has 0 saturated carbocycles. The van der Waals surface area contributed by atoms with E-state index >= 15 is 0 Å². The number of carboxylic acid groups (broad SMARTS) is 1. The number of imidazole rings is 1. The number of benzene rings is 1. The highest BCUT2D eigenvalue weighted by Crippen LogP contribution is 2.18. The minimum Gasteiger partial charge on any atom is -0.478 e. The van der Waals surface area contributed by atoms with Crippen molar-refractivity contribution in [1.29, 1.82) is 0 Å². The molecule has 21 heavy (non-hydrogen) atoms. The van der Waals surface area contributed by atoms with E-state index in [2.05, 4.69) is 30.8 Å². The lowest BCUT2D eigenvalue weighted by Gasteiger charge is -2.20. The zero-order valence-corrected chi connectivity index (χ0v) is 12.9. The summed E-state index contributed by atoms with van der Waals surface area (Å²) in [7, 11) is 2.12. The molecule has 114 valence electrons. The van der Waals surface area contributed by atoms with Crippen molar-refractivity contribution in [2.75, 3.05) is 13.6 Å². The third-order valence-electron chi connectivity index (χ3n) is 3.91. The molecule has 0 amide bonds. The number of para-hydroxylation sites is 1. The summed E-state index contributed by atoms with van der Waals surface area (Å²) in [6.45, 7) is 6.22. The molecule has 0 atom stereocenters. The van der Waals surface area contributed by atoms with Gasteiger partial charge in [-0.05, 0) is 52.4 Å². The van der Waals surface area contributed by atoms with Crippen LogP contribution >= 0.6 is 0 Å². The van der Waals surface area contributed by atoms with Gasteiger partial charge in [-0.2, -0.15) is 0 Å². The molecule has 5 nitrogen and oxygen atoms in total. The molecule has 2 rings (SSSR count). The molecule has 1 aromatic heterocycles. The molecule has 1 aromatic carbocycles. The number of carboxylic acids is 1. The van der Waals surface area contributed by atoms with Crippen LogP contribution in [0.5, 0.6) is 0 Å². The number of hydrogen-bond acceptors (Lipinski definition) is 3. The van der Waals surface area contributed by atoms with E-state index in [-0.39, 0.29) is 0 Å². The van der Waals surface area contributed by atoms with E-state index in [4.69, 9.17) is 0 Å². The van der Waals surface area contributed by atoms with Crippen LogP contribution in [0.4, 0.5) is 0 Å². The number of aromatic carboxylic acids is 1. The molecule has 0 saturated heterocycles. The van der Waals surface area contributed by atoms with Gasteiger partial charge in [0.1, 0.15) is 0 Å². The Labute approximate surface area is 125 Å². The first-order chi connectivity index (χ1) is 10.0. The van der Waals surface area contributed by atoms with Gasteiger partial charge < -0.3 is 14.6 Å². The first kappa shape index (κ1) is 15.5. The topological polar surface area (TPSA) is 58.4 Å². The summed E-state index contributed by atoms with van der Waals surface area (Å²) < 4.78 is 1.95. The quantitative estimate of drug-likeness (QED) is 0.796. The fourth-order valence-corrected chi connectivity index (χ4v) is 2.37. The molecule has 0 aliphatic rings. The summed E-state index contributed by atoms with van der Waals surface area (Å²) >= 11 is 0. The van der Waals surface area contributed by atoms with Crippen LogP contribution in [0.1, 0.15) is 37.0 Å². The van der Waals surface area contributed by atoms with Gasteiger partial charge in [0.15, 0.2) is 0 Å². The van der Waals surface area contributed by atoms with Crippen molar-refractivity contribution >= 4 is 17.0 Å². The number of unbranched alkanes of at least 4 members (excludes halogenated alkanes) is 1. The number of carbonyl (C=O) groups is 1. The Kier molecular flexibility index (Phi) is 4.96. The number of hydrogen-bond donors (Lipinski definition) is 1. The van der Waals surface area contributed by atoms with Crippen LogP contribution in [-0.4, -0.2) is 45.2 Å². The molecule has 0 bridgehead atoms. The fourth-order valence-electron chi connectivity index (χ4n) is 2.37. The lowest BCUT2D eigenvalue weighted by Crippen LogP contribution is -2.27. The highest BCUT2D eigenvalue weighted by molar-refractivity contribution is 6.01. The average molecular weight is 289 g/mol. The fraction of sp³-hybridized carbons (Fsp3) is 0.500. The minimum absolute atomic E-state index is 0.323. The highest BCUT2D eigenvalue weighted by Gasteiger charge is 2.13. The van der Waals surface area contributed by atoms with Crippen molar-refractivity contribution in [1.82, 2.24) is 14.5 Å². The predicted octanol–water partition coefficient (Wildman–Crippen LogP) is 2.85. The summed E-state index contributed by atoms with van der Waals surface area (Å²) in [5.41, 5.74) is 1.79. The number of aryl methyl sites for hydroxylation is 1. The van der Waals surface area contributed by atoms with Crippen LogP contribution in [0.25, 0.3) is 11.0 Å². The van der Waals surface area contributed by atoms with E-state index in [1.54, 1.807) is 18.5 Å². The van der Waals surface area contributed by atoms with E-state index in [1.165, 1.54) is 0 Å². The minimum atomic E-state index is -0.901. The van der Waals surface area contributed by atoms with Crippen LogP contribution < -0.4 is 0 Å². The second kappa shape index (κ2) is 6.72. The molecular formula is C16H23N3O2. The number of rotatable bonds is 7. The molecule has 0 unspecified atom stereocenters. The van der Waals surface area contributed by atoms with Gasteiger partial charge >= 0.3 is 5.97 Å². The molecular weight excluding hydrogens is 266 g/mol. The molecule has 0 spiro atoms. The maximum atomic E-state index is 11.3. The van der Waals surface area contributed by atoms with Gasteiger partial charge in [0.05, 0.1) is 22.9 Å². The van der Waals surface area contributed by atoms with Crippen LogP contribution in [0.3, 0.4) is 0 Å². The number of aromatic nitrogens is 2. The van der Waals surface area contributed by atoms with Crippen LogP contribution in [0.15, 0.2) is 24.5 Å². The summed E-state index contributed by atoms with van der Waals surface area (Å²) in [5.74, 6) is -0.901. The molecule has 1 N–H and O–H groups in total. The van der Waals surface area contributed by atoms with Crippen molar-refractivity contribution < 1.29 is 9.90 Å². The van der Waals surface area contributed by atoms with Gasteiger partial charge in [0.25, 0.3) is 0 Å². The summed E-state index contributed by atoms with van der Waals surface area (Å²) in [6.07, 6.45) is 3.84. The zero-order valence-electron chi connectivity index (χ0n) is 12.9. The van der Waals surface area contributed by atoms with Gasteiger partial charge in [-0.15, -0.1) is 0 Å². The molecule has 0 fully saturated rings. The zero-order chi connectivity index (χ0) is 15.4. The monoisotopic (exact) mass is 289 g/mol. The lowest BCUT2D eigenvalue weighted by atomic mass is 10.2. The van der Waals surface area contributed by atoms with E-state index in [0.717, 1.165) is 37.0 Å². The van der Waals surface area contributed by atoms with Crippen LogP contribution in [0, 0.1) is 0 Å². The standard InChI is InChI=1S/C16H23N3O2/c1-12(2)18(3)9-4-5-10-19-11-17-14-8-6-7-13(15(14)19)16(20)21/h6-8,11-12H,4-5,9-10H2,1-3H3,(H,20,21). The predicted molar refractivity (Wildman–Crippen MR) is 83.7 cm³/mol. The molecule has 0 aliphatic heterocycles. The number of nitrogens with zero attached hydrogens (tertiary/aromatic N) is 3. The normalized spacial score (nSPS) is 11.7. The second-order valence-corrected chi connectivity index (χ2v) is 5.70. The van der Waals surface area contributed by atoms with Crippen molar-refractivity contribution in [2.24, 2.45) is 0 Å². The van der Waals surface area contributed by atoms with E-state index in [0.29, 0.717) is 11.6 Å². The first-order valence-corrected chi connectivity index (χ1v) is 7.38. The molecule has 5 heteroatoms. The van der Waals surface area contributed by atoms with Crippen molar-refractivity contribution in [3.8, 4) is 0 Å². The second-order valence-electron chi connectivity index (χ2n) is 5.70. The van der Waals surface area contributed by atoms with Gasteiger partial charge in [-0.1, -0.05) is 6.07 Å². The van der Waals surface area contributed by atoms with Crippen LogP contribution in [-0.2, 0) is 6.54 Å². The van der Waals surface area contributed by atoms with Gasteiger partial charge in [-0.25, -0.2) is 9.78 Å². The van der Waals surface area contributed by atoms with Gasteiger partial charge in [0.2, 0.25) is 0 Å². The lowest BCUT2D eigenvalue weighted by molar-refractivity contribution is 0.0698. The van der Waals surface area contributed by atoms with Gasteiger partial charge in [-0.3, -0.25) is 0 Å². The summed E-state index contributed by atoms with van der Waals surface area (Å²) in [6, 6.07) is 5.78. The third-order valence-corrected chi connectivity index (χ3v) is 3.91. The Balaban J connectivity index is 2.04. The molecule has 0 aliphatic carbocycles. The summed E-state index contributed by atoms with van der Waals surface area (Å²) in [4.78, 5) is 17.9. The maximum absolute atomic E-state index is 11.3. The molecule has 1 heterocycles. The first-order valence-electron chi connectivity index (χ1n) is 7.38. The third kappa shape index (κ3) is 3.61. The van der Waals surface area contributed by atoms with Crippen molar-refractivity contribution in [3.63, 3.8) is 0 Å². The van der Waals surface area contributed by atoms with Gasteiger partial charge in [0, 0.05) is 12.6 Å². The average Bonchev–Trinajstić information content (AvgIpc) is 2.86. The number of fused-ring (bicyclic) bond motifs is 1. The Morgan fingerprint density at radius 1 is 1.38 bits per heavy atom. The Bertz CT molecular complexity index is 619. The van der Waals surface area contributed by atoms with Crippen molar-refractivity contribution in [2.45, 2.75) is 39.3 Å². The Morgan fingerprint density at radius 3 is 2.81 bits per heavy atom. The molecule has 0 radical (unpaired) electrons. The highest BCUT2D eigenvalue weighted by atomic mass is 16.4. The van der Waals surface area contributed by atoms with Crippen molar-refractivity contribution in [3.05, 3.63) is 30.1 Å². The summed E-state index contributed by atoms with van der Waals surface area (Å²) in [5, 5.41) is 9.28. The van der Waals surface area contributed by atoms with E-state index in [9.17, 15) is 9.90 Å². The Hall–Kier alpha value is -1.88. The van der Waals surface area contributed by atoms with E-state index < -0.39 is 5.97 Å².